The summed E-state index contributed by atoms with van der Waals surface area (Å²) in [7, 11) is 3.19. The molecular weight excluding hydrogens is 492 g/mol. The van der Waals surface area contributed by atoms with E-state index >= 15 is 0 Å². The van der Waals surface area contributed by atoms with Gasteiger partial charge in [-0.2, -0.15) is 0 Å². The van der Waals surface area contributed by atoms with Crippen LogP contribution in [0, 0.1) is 0 Å². The van der Waals surface area contributed by atoms with Crippen molar-refractivity contribution in [3.63, 3.8) is 0 Å². The van der Waals surface area contributed by atoms with Gasteiger partial charge in [0.05, 0.1) is 31.5 Å². The number of furan rings is 1. The van der Waals surface area contributed by atoms with Gasteiger partial charge < -0.3 is 23.4 Å². The van der Waals surface area contributed by atoms with Gasteiger partial charge in [0.1, 0.15) is 41.7 Å². The molecule has 0 aliphatic heterocycles. The number of benzene rings is 2. The first-order valence-electron chi connectivity index (χ1n) is 11.4. The van der Waals surface area contributed by atoms with E-state index in [9.17, 15) is 0 Å². The summed E-state index contributed by atoms with van der Waals surface area (Å²) in [5.41, 5.74) is 3.14. The van der Waals surface area contributed by atoms with Gasteiger partial charge in [-0.3, -0.25) is 4.98 Å². The van der Waals surface area contributed by atoms with Crippen LogP contribution in [0.3, 0.4) is 0 Å². The van der Waals surface area contributed by atoms with Crippen LogP contribution in [-0.4, -0.2) is 33.8 Å². The Morgan fingerprint density at radius 1 is 0.919 bits per heavy atom. The lowest BCUT2D eigenvalue weighted by molar-refractivity contribution is 0.293. The molecule has 10 heteroatoms. The van der Waals surface area contributed by atoms with Gasteiger partial charge in [-0.1, -0.05) is 18.2 Å². The molecule has 4 aromatic heterocycles. The Hall–Kier alpha value is -4.57. The van der Waals surface area contributed by atoms with E-state index < -0.39 is 0 Å². The van der Waals surface area contributed by atoms with Crippen LogP contribution in [0.2, 0.25) is 0 Å². The van der Waals surface area contributed by atoms with Gasteiger partial charge in [-0.05, 0) is 47.2 Å². The highest BCUT2D eigenvalue weighted by Crippen LogP contribution is 2.37. The Labute approximate surface area is 215 Å². The maximum Gasteiger partial charge on any atom is 0.294 e. The third-order valence-electron chi connectivity index (χ3n) is 5.67. The van der Waals surface area contributed by atoms with Crippen molar-refractivity contribution in [2.45, 2.75) is 13.2 Å². The molecule has 0 N–H and O–H groups in total. The van der Waals surface area contributed by atoms with Gasteiger partial charge in [0, 0.05) is 18.3 Å². The predicted molar refractivity (Wildman–Crippen MR) is 139 cm³/mol. The van der Waals surface area contributed by atoms with E-state index in [1.165, 1.54) is 11.3 Å². The fraction of sp³-hybridized carbons (Fsp3) is 0.148. The summed E-state index contributed by atoms with van der Waals surface area (Å²) in [4.78, 5) is 9.62. The Kier molecular flexibility index (Phi) is 6.07. The number of nitrogens with zero attached hydrogens (tertiary/aromatic N) is 4. The smallest absolute Gasteiger partial charge is 0.294 e. The molecule has 0 fully saturated rings. The first kappa shape index (κ1) is 22.9. The van der Waals surface area contributed by atoms with Gasteiger partial charge in [0.2, 0.25) is 4.96 Å². The Morgan fingerprint density at radius 3 is 2.68 bits per heavy atom. The zero-order valence-electron chi connectivity index (χ0n) is 20.1. The number of imidazole rings is 1. The summed E-state index contributed by atoms with van der Waals surface area (Å²) >= 11 is 1.36. The van der Waals surface area contributed by atoms with E-state index in [-0.39, 0.29) is 0 Å². The number of aromatic nitrogens is 4. The number of methoxy groups -OCH3 is 2. The van der Waals surface area contributed by atoms with E-state index in [0.29, 0.717) is 51.9 Å². The molecule has 0 radical (unpaired) electrons. The van der Waals surface area contributed by atoms with E-state index in [0.717, 1.165) is 22.4 Å². The summed E-state index contributed by atoms with van der Waals surface area (Å²) in [6.07, 6.45) is 3.56. The highest BCUT2D eigenvalue weighted by molar-refractivity contribution is 7.18. The lowest BCUT2D eigenvalue weighted by atomic mass is 10.2. The highest BCUT2D eigenvalue weighted by Gasteiger charge is 2.17. The molecule has 9 nitrogen and oxygen atoms in total. The molecule has 0 aliphatic carbocycles. The first-order chi connectivity index (χ1) is 18.2. The molecule has 6 aromatic rings. The average Bonchev–Trinajstić information content (AvgIpc) is 3.64. The SMILES string of the molecule is COc1cc(OCc2cccc(OCc3ccccn3)c2)c2cc(-c3cn4nc(OC)sc4n3)oc2c1. The van der Waals surface area contributed by atoms with Crippen molar-refractivity contribution >= 4 is 27.3 Å². The van der Waals surface area contributed by atoms with Crippen LogP contribution in [-0.2, 0) is 13.2 Å². The van der Waals surface area contributed by atoms with Crippen molar-refractivity contribution in [3.05, 3.63) is 84.3 Å². The molecule has 0 saturated heterocycles. The number of pyridine rings is 1. The second kappa shape index (κ2) is 9.82. The Morgan fingerprint density at radius 2 is 1.86 bits per heavy atom. The van der Waals surface area contributed by atoms with Gasteiger partial charge in [-0.25, -0.2) is 9.50 Å². The fourth-order valence-electron chi connectivity index (χ4n) is 3.86. The predicted octanol–water partition coefficient (Wildman–Crippen LogP) is 5.77. The van der Waals surface area contributed by atoms with Crippen molar-refractivity contribution in [3.8, 4) is 33.9 Å². The third-order valence-corrected chi connectivity index (χ3v) is 6.55. The summed E-state index contributed by atoms with van der Waals surface area (Å²) in [6.45, 7) is 0.737. The molecule has 0 spiro atoms. The molecule has 0 bridgehead atoms. The highest BCUT2D eigenvalue weighted by atomic mass is 32.1. The summed E-state index contributed by atoms with van der Waals surface area (Å²) in [6, 6.07) is 19.2. The molecular formula is C27H22N4O5S. The summed E-state index contributed by atoms with van der Waals surface area (Å²) in [5, 5.41) is 5.69. The topological polar surface area (TPSA) is 93.1 Å². The number of hydrogen-bond acceptors (Lipinski definition) is 9. The largest absolute Gasteiger partial charge is 0.496 e. The first-order valence-corrected chi connectivity index (χ1v) is 12.3. The molecule has 4 heterocycles. The number of hydrogen-bond donors (Lipinski definition) is 0. The molecule has 2 aromatic carbocycles. The van der Waals surface area contributed by atoms with E-state index in [4.69, 9.17) is 23.4 Å². The van der Waals surface area contributed by atoms with E-state index in [1.807, 2.05) is 60.7 Å². The normalized spacial score (nSPS) is 11.2. The Bertz CT molecular complexity index is 1640. The number of fused-ring (bicyclic) bond motifs is 2. The van der Waals surface area contributed by atoms with Crippen molar-refractivity contribution < 1.29 is 23.4 Å². The molecule has 0 atom stereocenters. The van der Waals surface area contributed by atoms with Crippen molar-refractivity contribution in [1.82, 2.24) is 19.6 Å². The maximum atomic E-state index is 6.23. The van der Waals surface area contributed by atoms with Gasteiger partial charge in [-0.15, -0.1) is 5.10 Å². The van der Waals surface area contributed by atoms with Crippen LogP contribution >= 0.6 is 11.3 Å². The molecule has 0 saturated carbocycles. The van der Waals surface area contributed by atoms with Crippen LogP contribution in [0.25, 0.3) is 27.4 Å². The molecule has 37 heavy (non-hydrogen) atoms. The monoisotopic (exact) mass is 514 g/mol. The van der Waals surface area contributed by atoms with E-state index in [2.05, 4.69) is 15.1 Å². The summed E-state index contributed by atoms with van der Waals surface area (Å²) < 4.78 is 30.6. The van der Waals surface area contributed by atoms with Crippen LogP contribution in [0.1, 0.15) is 11.3 Å². The molecule has 0 aliphatic rings. The fourth-order valence-corrected chi connectivity index (χ4v) is 4.56. The summed E-state index contributed by atoms with van der Waals surface area (Å²) in [5.74, 6) is 2.63. The third kappa shape index (κ3) is 4.78. The quantitative estimate of drug-likeness (QED) is 0.240. The van der Waals surface area contributed by atoms with Gasteiger partial charge >= 0.3 is 0 Å². The van der Waals surface area contributed by atoms with Crippen molar-refractivity contribution in [1.29, 1.82) is 0 Å². The van der Waals surface area contributed by atoms with Crippen molar-refractivity contribution in [2.24, 2.45) is 0 Å². The van der Waals surface area contributed by atoms with Crippen LogP contribution in [0.5, 0.6) is 22.4 Å². The number of rotatable bonds is 9. The average molecular weight is 515 g/mol. The lowest BCUT2D eigenvalue weighted by Gasteiger charge is -2.11. The van der Waals surface area contributed by atoms with Gasteiger partial charge in [0.15, 0.2) is 5.76 Å². The maximum absolute atomic E-state index is 6.23. The standard InChI is InChI=1S/C27H22N4O5S/c1-32-20-11-23(35-15-17-6-5-8-19(10-17)34-16-18-7-3-4-9-28-18)21-13-25(36-24(21)12-20)22-14-31-26(29-22)37-27(30-31)33-2/h3-14H,15-16H2,1-2H3. The van der Waals surface area contributed by atoms with Crippen LogP contribution in [0.15, 0.2) is 77.5 Å². The van der Waals surface area contributed by atoms with Crippen LogP contribution in [0.4, 0.5) is 0 Å². The minimum absolute atomic E-state index is 0.341. The van der Waals surface area contributed by atoms with Crippen molar-refractivity contribution in [2.75, 3.05) is 14.2 Å². The molecule has 6 rings (SSSR count). The zero-order chi connectivity index (χ0) is 25.2. The Balaban J connectivity index is 1.23. The molecule has 0 unspecified atom stereocenters. The minimum atomic E-state index is 0.341. The second-order valence-electron chi connectivity index (χ2n) is 8.12. The van der Waals surface area contributed by atoms with Gasteiger partial charge in [0.25, 0.3) is 5.19 Å². The number of ether oxygens (including phenoxy) is 4. The zero-order valence-corrected chi connectivity index (χ0v) is 20.9. The second-order valence-corrected chi connectivity index (χ2v) is 9.04. The van der Waals surface area contributed by atoms with E-state index in [1.54, 1.807) is 31.1 Å². The molecule has 0 amide bonds. The lowest BCUT2D eigenvalue weighted by Crippen LogP contribution is -2.00. The van der Waals surface area contributed by atoms with Crippen LogP contribution < -0.4 is 18.9 Å². The molecule has 186 valence electrons. The minimum Gasteiger partial charge on any atom is -0.496 e.